The van der Waals surface area contributed by atoms with Crippen molar-refractivity contribution in [2.24, 2.45) is 5.92 Å². The summed E-state index contributed by atoms with van der Waals surface area (Å²) in [5.41, 5.74) is 0.370. The highest BCUT2D eigenvalue weighted by Crippen LogP contribution is 2.43. The normalized spacial score (nSPS) is 21.9. The fraction of sp³-hybridized carbons (Fsp3) is 0.650. The summed E-state index contributed by atoms with van der Waals surface area (Å²) < 4.78 is 26.1. The molecule has 1 saturated heterocycles. The molecular formula is C20H28F2N4O2. The molecule has 1 saturated carbocycles. The molecule has 0 aromatic carbocycles. The van der Waals surface area contributed by atoms with Gasteiger partial charge in [-0.15, -0.1) is 0 Å². The zero-order valence-corrected chi connectivity index (χ0v) is 16.8. The number of amides is 2. The van der Waals surface area contributed by atoms with Crippen LogP contribution >= 0.6 is 0 Å². The van der Waals surface area contributed by atoms with Crippen LogP contribution < -0.4 is 5.32 Å². The van der Waals surface area contributed by atoms with Crippen molar-refractivity contribution >= 4 is 17.6 Å². The number of likely N-dealkylation sites (tertiary alicyclic amines) is 1. The first-order valence-electron chi connectivity index (χ1n) is 9.63. The van der Waals surface area contributed by atoms with Gasteiger partial charge in [-0.05, 0) is 39.3 Å². The second kappa shape index (κ2) is 7.29. The van der Waals surface area contributed by atoms with E-state index < -0.39 is 11.8 Å². The molecule has 1 aromatic heterocycles. The van der Waals surface area contributed by atoms with Gasteiger partial charge in [0.05, 0.1) is 11.6 Å². The van der Waals surface area contributed by atoms with Gasteiger partial charge in [0.25, 0.3) is 5.91 Å². The Balaban J connectivity index is 1.56. The van der Waals surface area contributed by atoms with Gasteiger partial charge in [0, 0.05) is 50.6 Å². The Bertz CT molecular complexity index is 738. The number of hydrogen-bond donors (Lipinski definition) is 1. The maximum Gasteiger partial charge on any atom is 0.255 e. The van der Waals surface area contributed by atoms with Crippen molar-refractivity contribution in [3.05, 3.63) is 23.9 Å². The predicted molar refractivity (Wildman–Crippen MR) is 102 cm³/mol. The summed E-state index contributed by atoms with van der Waals surface area (Å²) in [6.07, 6.45) is 1.46. The summed E-state index contributed by atoms with van der Waals surface area (Å²) in [6, 6.07) is 3.38. The number of nitrogens with zero attached hydrogens (tertiary/aromatic N) is 3. The van der Waals surface area contributed by atoms with Crippen LogP contribution in [0.2, 0.25) is 0 Å². The molecule has 1 aromatic rings. The first kappa shape index (κ1) is 20.5. The highest BCUT2D eigenvalue weighted by molar-refractivity contribution is 5.94. The van der Waals surface area contributed by atoms with E-state index in [1.54, 1.807) is 35.2 Å². The SMILES string of the molecule is CN(C(=O)C1CC(F)(F)C1)[C@H]1CCN(C(=O)c2ccc(NC(C)(C)C)nc2)C1. The number of likely N-dealkylation sites (N-methyl/N-ethyl adjacent to an activating group) is 1. The number of hydrogen-bond acceptors (Lipinski definition) is 4. The average Bonchev–Trinajstić information content (AvgIpc) is 3.07. The standard InChI is InChI=1S/C20H28F2N4O2/c1-19(2,3)24-16-6-5-13(11-23-16)18(28)26-8-7-15(12-26)25(4)17(27)14-9-20(21,22)10-14/h5-6,11,14-15H,7-10,12H2,1-4H3,(H,23,24)/t15-/m0/s1. The topological polar surface area (TPSA) is 65.5 Å². The minimum Gasteiger partial charge on any atom is -0.365 e. The van der Waals surface area contributed by atoms with E-state index in [2.05, 4.69) is 10.3 Å². The predicted octanol–water partition coefficient (Wildman–Crippen LogP) is 3.01. The van der Waals surface area contributed by atoms with Gasteiger partial charge < -0.3 is 15.1 Å². The fourth-order valence-electron chi connectivity index (χ4n) is 3.71. The number of halogens is 2. The molecule has 2 heterocycles. The zero-order valence-electron chi connectivity index (χ0n) is 16.8. The number of alkyl halides is 2. The lowest BCUT2D eigenvalue weighted by molar-refractivity contribution is -0.160. The van der Waals surface area contributed by atoms with Crippen LogP contribution in [0.5, 0.6) is 0 Å². The Morgan fingerprint density at radius 1 is 1.29 bits per heavy atom. The van der Waals surface area contributed by atoms with Crippen molar-refractivity contribution in [2.75, 3.05) is 25.5 Å². The summed E-state index contributed by atoms with van der Waals surface area (Å²) in [4.78, 5) is 32.6. The van der Waals surface area contributed by atoms with Crippen LogP contribution in [-0.2, 0) is 4.79 Å². The Hall–Kier alpha value is -2.25. The van der Waals surface area contributed by atoms with Crippen LogP contribution in [-0.4, -0.2) is 64.2 Å². The second-order valence-corrected chi connectivity index (χ2v) is 8.91. The Labute approximate surface area is 164 Å². The van der Waals surface area contributed by atoms with Gasteiger partial charge in [-0.1, -0.05) is 0 Å². The van der Waals surface area contributed by atoms with Crippen LogP contribution in [0.25, 0.3) is 0 Å². The van der Waals surface area contributed by atoms with Crippen LogP contribution in [0.15, 0.2) is 18.3 Å². The zero-order chi connectivity index (χ0) is 20.7. The lowest BCUT2D eigenvalue weighted by Crippen LogP contribution is -2.49. The molecule has 1 aliphatic carbocycles. The number of rotatable bonds is 4. The Kier molecular flexibility index (Phi) is 5.34. The number of carbonyl (C=O) groups excluding carboxylic acids is 2. The molecule has 154 valence electrons. The van der Waals surface area contributed by atoms with Crippen LogP contribution in [0, 0.1) is 5.92 Å². The van der Waals surface area contributed by atoms with Crippen molar-refractivity contribution in [1.82, 2.24) is 14.8 Å². The number of anilines is 1. The molecule has 3 rings (SSSR count). The first-order chi connectivity index (χ1) is 13.0. The van der Waals surface area contributed by atoms with E-state index in [-0.39, 0.29) is 36.2 Å². The summed E-state index contributed by atoms with van der Waals surface area (Å²) in [5.74, 6) is -2.99. The van der Waals surface area contributed by atoms with E-state index >= 15 is 0 Å². The van der Waals surface area contributed by atoms with Gasteiger partial charge >= 0.3 is 0 Å². The third kappa shape index (κ3) is 4.59. The van der Waals surface area contributed by atoms with Crippen molar-refractivity contribution in [3.63, 3.8) is 0 Å². The summed E-state index contributed by atoms with van der Waals surface area (Å²) >= 11 is 0. The number of carbonyl (C=O) groups is 2. The van der Waals surface area contributed by atoms with Crippen LogP contribution in [0.4, 0.5) is 14.6 Å². The molecule has 0 spiro atoms. The number of aromatic nitrogens is 1. The molecule has 2 amide bonds. The number of pyridine rings is 1. The molecule has 1 N–H and O–H groups in total. The minimum absolute atomic E-state index is 0.123. The van der Waals surface area contributed by atoms with Gasteiger partial charge in [-0.25, -0.2) is 13.8 Å². The van der Waals surface area contributed by atoms with Crippen molar-refractivity contribution in [1.29, 1.82) is 0 Å². The van der Waals surface area contributed by atoms with E-state index in [0.29, 0.717) is 30.9 Å². The first-order valence-corrected chi connectivity index (χ1v) is 9.63. The molecule has 28 heavy (non-hydrogen) atoms. The van der Waals surface area contributed by atoms with Gasteiger partial charge in [0.1, 0.15) is 5.82 Å². The van der Waals surface area contributed by atoms with Crippen LogP contribution in [0.3, 0.4) is 0 Å². The Morgan fingerprint density at radius 2 is 1.96 bits per heavy atom. The van der Waals surface area contributed by atoms with Crippen molar-refractivity contribution in [3.8, 4) is 0 Å². The summed E-state index contributed by atoms with van der Waals surface area (Å²) in [7, 11) is 1.64. The second-order valence-electron chi connectivity index (χ2n) is 8.91. The summed E-state index contributed by atoms with van der Waals surface area (Å²) in [5, 5.41) is 3.25. The third-order valence-corrected chi connectivity index (χ3v) is 5.30. The molecule has 0 unspecified atom stereocenters. The maximum atomic E-state index is 13.0. The van der Waals surface area contributed by atoms with Gasteiger partial charge in [-0.2, -0.15) is 0 Å². The molecule has 1 atom stereocenters. The molecular weight excluding hydrogens is 366 g/mol. The fourth-order valence-corrected chi connectivity index (χ4v) is 3.71. The van der Waals surface area contributed by atoms with E-state index in [9.17, 15) is 18.4 Å². The molecule has 1 aliphatic heterocycles. The lowest BCUT2D eigenvalue weighted by Gasteiger charge is -2.37. The highest BCUT2D eigenvalue weighted by atomic mass is 19.3. The maximum absolute atomic E-state index is 13.0. The number of nitrogens with one attached hydrogen (secondary N) is 1. The van der Waals surface area contributed by atoms with E-state index in [0.717, 1.165) is 0 Å². The smallest absolute Gasteiger partial charge is 0.255 e. The molecule has 6 nitrogen and oxygen atoms in total. The van der Waals surface area contributed by atoms with Gasteiger partial charge in [0.2, 0.25) is 11.8 Å². The quantitative estimate of drug-likeness (QED) is 0.853. The van der Waals surface area contributed by atoms with E-state index in [1.807, 2.05) is 20.8 Å². The summed E-state index contributed by atoms with van der Waals surface area (Å²) in [6.45, 7) is 7.03. The largest absolute Gasteiger partial charge is 0.365 e. The Morgan fingerprint density at radius 3 is 2.50 bits per heavy atom. The third-order valence-electron chi connectivity index (χ3n) is 5.30. The highest BCUT2D eigenvalue weighted by Gasteiger charge is 2.50. The van der Waals surface area contributed by atoms with E-state index in [1.165, 1.54) is 0 Å². The minimum atomic E-state index is -2.71. The van der Waals surface area contributed by atoms with Crippen molar-refractivity contribution < 1.29 is 18.4 Å². The lowest BCUT2D eigenvalue weighted by atomic mass is 9.80. The molecule has 8 heteroatoms. The van der Waals surface area contributed by atoms with Gasteiger partial charge in [-0.3, -0.25) is 9.59 Å². The molecule has 0 radical (unpaired) electrons. The molecule has 2 fully saturated rings. The van der Waals surface area contributed by atoms with E-state index in [4.69, 9.17) is 0 Å². The molecule has 0 bridgehead atoms. The van der Waals surface area contributed by atoms with Crippen molar-refractivity contribution in [2.45, 2.75) is 57.5 Å². The van der Waals surface area contributed by atoms with Crippen LogP contribution in [0.1, 0.15) is 50.4 Å². The average molecular weight is 394 g/mol. The van der Waals surface area contributed by atoms with Gasteiger partial charge in [0.15, 0.2) is 0 Å². The monoisotopic (exact) mass is 394 g/mol. The molecule has 2 aliphatic rings.